The molecular formula is C17H13N3O3S. The smallest absolute Gasteiger partial charge is 0.347 e. The van der Waals surface area contributed by atoms with E-state index in [1.807, 2.05) is 24.4 Å². The highest BCUT2D eigenvalue weighted by Gasteiger charge is 2.21. The lowest BCUT2D eigenvalue weighted by Gasteiger charge is -2.11. The topological polar surface area (TPSA) is 88.1 Å². The molecule has 0 amide bonds. The Hall–Kier alpha value is -2.69. The summed E-state index contributed by atoms with van der Waals surface area (Å²) in [5, 5.41) is 20.0. The molecule has 0 radical (unpaired) electrons. The van der Waals surface area contributed by atoms with Crippen molar-refractivity contribution >= 4 is 28.2 Å². The van der Waals surface area contributed by atoms with Crippen LogP contribution in [0.5, 0.6) is 0 Å². The maximum absolute atomic E-state index is 11.0. The zero-order valence-corrected chi connectivity index (χ0v) is 13.4. The fourth-order valence-corrected chi connectivity index (χ4v) is 3.78. The molecule has 1 unspecified atom stereocenters. The van der Waals surface area contributed by atoms with Gasteiger partial charge in [0.25, 0.3) is 0 Å². The van der Waals surface area contributed by atoms with Crippen molar-refractivity contribution < 1.29 is 14.6 Å². The number of hydrogen-bond acceptors (Lipinski definition) is 5. The fraction of sp³-hybridized carbons (Fsp3) is 0.235. The summed E-state index contributed by atoms with van der Waals surface area (Å²) in [5.74, 6) is -0.982. The van der Waals surface area contributed by atoms with E-state index < -0.39 is 5.97 Å². The monoisotopic (exact) mass is 339 g/mol. The van der Waals surface area contributed by atoms with Crippen LogP contribution in [-0.2, 0) is 4.74 Å². The van der Waals surface area contributed by atoms with Crippen molar-refractivity contribution in [2.45, 2.75) is 12.5 Å². The molecule has 4 rings (SSSR count). The highest BCUT2D eigenvalue weighted by atomic mass is 32.1. The van der Waals surface area contributed by atoms with Gasteiger partial charge in [0.15, 0.2) is 0 Å². The van der Waals surface area contributed by atoms with Crippen LogP contribution in [-0.4, -0.2) is 33.8 Å². The first-order valence-electron chi connectivity index (χ1n) is 7.49. The molecule has 1 fully saturated rings. The lowest BCUT2D eigenvalue weighted by molar-refractivity contribution is 0.0702. The largest absolute Gasteiger partial charge is 0.477 e. The van der Waals surface area contributed by atoms with E-state index in [4.69, 9.17) is 9.84 Å². The molecule has 1 aromatic carbocycles. The first kappa shape index (κ1) is 14.9. The Morgan fingerprint density at radius 2 is 2.38 bits per heavy atom. The van der Waals surface area contributed by atoms with Crippen LogP contribution >= 0.6 is 11.3 Å². The third kappa shape index (κ3) is 2.37. The van der Waals surface area contributed by atoms with E-state index >= 15 is 0 Å². The molecule has 3 heterocycles. The molecule has 0 spiro atoms. The molecule has 6 nitrogen and oxygen atoms in total. The van der Waals surface area contributed by atoms with E-state index in [1.165, 1.54) is 6.20 Å². The number of aromatic nitrogens is 2. The van der Waals surface area contributed by atoms with Gasteiger partial charge in [0.2, 0.25) is 0 Å². The minimum absolute atomic E-state index is 0.200. The normalized spacial score (nSPS) is 17.2. The lowest BCUT2D eigenvalue weighted by Crippen LogP contribution is -2.06. The van der Waals surface area contributed by atoms with Gasteiger partial charge in [-0.25, -0.2) is 9.78 Å². The Bertz CT molecular complexity index is 977. The average molecular weight is 339 g/mol. The third-order valence-corrected chi connectivity index (χ3v) is 5.25. The third-order valence-electron chi connectivity index (χ3n) is 4.22. The zero-order valence-electron chi connectivity index (χ0n) is 12.6. The molecule has 0 aliphatic carbocycles. The number of thiazole rings is 1. The first-order chi connectivity index (χ1) is 11.7. The van der Waals surface area contributed by atoms with E-state index in [1.54, 1.807) is 0 Å². The molecule has 2 aromatic heterocycles. The molecule has 1 N–H and O–H groups in total. The maximum atomic E-state index is 11.0. The summed E-state index contributed by atoms with van der Waals surface area (Å²) in [7, 11) is 0. The molecule has 1 aliphatic rings. The van der Waals surface area contributed by atoms with E-state index in [0.29, 0.717) is 17.2 Å². The molecule has 3 aromatic rings. The summed E-state index contributed by atoms with van der Waals surface area (Å²) in [6, 6.07) is 8.28. The number of rotatable bonds is 3. The van der Waals surface area contributed by atoms with E-state index in [9.17, 15) is 10.1 Å². The Morgan fingerprint density at radius 1 is 1.50 bits per heavy atom. The number of fused-ring (bicyclic) bond motifs is 1. The number of aromatic carboxylic acids is 1. The zero-order chi connectivity index (χ0) is 16.7. The van der Waals surface area contributed by atoms with Crippen LogP contribution in [0.3, 0.4) is 0 Å². The predicted molar refractivity (Wildman–Crippen MR) is 89.2 cm³/mol. The lowest BCUT2D eigenvalue weighted by atomic mass is 10.1. The van der Waals surface area contributed by atoms with Crippen molar-refractivity contribution in [3.8, 4) is 16.6 Å². The minimum atomic E-state index is -0.982. The molecule has 0 saturated carbocycles. The van der Waals surface area contributed by atoms with Crippen molar-refractivity contribution in [1.82, 2.24) is 9.55 Å². The second-order valence-electron chi connectivity index (χ2n) is 5.65. The summed E-state index contributed by atoms with van der Waals surface area (Å²) >= 11 is 1.13. The fourth-order valence-electron chi connectivity index (χ4n) is 3.03. The van der Waals surface area contributed by atoms with Crippen LogP contribution in [0.1, 0.15) is 27.7 Å². The van der Waals surface area contributed by atoms with Crippen molar-refractivity contribution in [3.63, 3.8) is 0 Å². The second kappa shape index (κ2) is 5.74. The molecular weight excluding hydrogens is 326 g/mol. The molecule has 1 saturated heterocycles. The van der Waals surface area contributed by atoms with Crippen LogP contribution < -0.4 is 0 Å². The standard InChI is InChI=1S/C17H13N3O3S/c18-6-11-8-20(12-3-4-23-9-12)14-2-1-10(5-13(11)14)16-19-7-15(24-16)17(21)22/h1-2,5,7-8,12H,3-4,9H2,(H,21,22). The molecule has 1 aliphatic heterocycles. The number of carboxylic acid groups (broad SMARTS) is 1. The SMILES string of the molecule is N#Cc1cn(C2CCOC2)c2ccc(-c3ncc(C(=O)O)s3)cc12. The summed E-state index contributed by atoms with van der Waals surface area (Å²) in [6.45, 7) is 1.40. The highest BCUT2D eigenvalue weighted by Crippen LogP contribution is 2.33. The first-order valence-corrected chi connectivity index (χ1v) is 8.31. The van der Waals surface area contributed by atoms with Gasteiger partial charge in [-0.15, -0.1) is 11.3 Å². The number of nitriles is 1. The van der Waals surface area contributed by atoms with E-state index in [2.05, 4.69) is 15.6 Å². The molecule has 1 atom stereocenters. The molecule has 24 heavy (non-hydrogen) atoms. The summed E-state index contributed by atoms with van der Waals surface area (Å²) in [6.07, 6.45) is 4.17. The van der Waals surface area contributed by atoms with Crippen LogP contribution in [0.15, 0.2) is 30.6 Å². The Labute approximate surface area is 141 Å². The van der Waals surface area contributed by atoms with Gasteiger partial charge in [-0.05, 0) is 24.6 Å². The van der Waals surface area contributed by atoms with Crippen LogP contribution in [0.4, 0.5) is 0 Å². The Morgan fingerprint density at radius 3 is 3.04 bits per heavy atom. The number of nitrogens with zero attached hydrogens (tertiary/aromatic N) is 3. The number of carboxylic acids is 1. The highest BCUT2D eigenvalue weighted by molar-refractivity contribution is 7.16. The van der Waals surface area contributed by atoms with Gasteiger partial charge in [-0.3, -0.25) is 0 Å². The maximum Gasteiger partial charge on any atom is 0.347 e. The number of ether oxygens (including phenoxy) is 1. The van der Waals surface area contributed by atoms with Gasteiger partial charge in [-0.1, -0.05) is 0 Å². The van der Waals surface area contributed by atoms with Crippen molar-refractivity contribution in [3.05, 3.63) is 41.0 Å². The molecule has 0 bridgehead atoms. The number of hydrogen-bond donors (Lipinski definition) is 1. The van der Waals surface area contributed by atoms with Gasteiger partial charge in [0.1, 0.15) is 16.0 Å². The number of carbonyl (C=O) groups is 1. The number of benzene rings is 1. The average Bonchev–Trinajstić information content (AvgIpc) is 3.32. The van der Waals surface area contributed by atoms with Crippen molar-refractivity contribution in [2.75, 3.05) is 13.2 Å². The van der Waals surface area contributed by atoms with E-state index in [0.717, 1.165) is 40.8 Å². The van der Waals surface area contributed by atoms with Gasteiger partial charge < -0.3 is 14.4 Å². The summed E-state index contributed by atoms with van der Waals surface area (Å²) in [5.41, 5.74) is 2.41. The Kier molecular flexibility index (Phi) is 3.56. The van der Waals surface area contributed by atoms with Gasteiger partial charge in [-0.2, -0.15) is 5.26 Å². The van der Waals surface area contributed by atoms with Crippen molar-refractivity contribution in [1.29, 1.82) is 5.26 Å². The van der Waals surface area contributed by atoms with Crippen LogP contribution in [0, 0.1) is 11.3 Å². The van der Waals surface area contributed by atoms with Crippen LogP contribution in [0.2, 0.25) is 0 Å². The quantitative estimate of drug-likeness (QED) is 0.791. The van der Waals surface area contributed by atoms with Crippen molar-refractivity contribution in [2.24, 2.45) is 0 Å². The minimum Gasteiger partial charge on any atom is -0.477 e. The summed E-state index contributed by atoms with van der Waals surface area (Å²) < 4.78 is 7.56. The van der Waals surface area contributed by atoms with Crippen LogP contribution in [0.25, 0.3) is 21.5 Å². The predicted octanol–water partition coefficient (Wildman–Crippen LogP) is 3.30. The van der Waals surface area contributed by atoms with Gasteiger partial charge in [0, 0.05) is 29.3 Å². The van der Waals surface area contributed by atoms with Gasteiger partial charge >= 0.3 is 5.97 Å². The summed E-state index contributed by atoms with van der Waals surface area (Å²) in [4.78, 5) is 15.4. The molecule has 120 valence electrons. The Balaban J connectivity index is 1.82. The van der Waals surface area contributed by atoms with E-state index in [-0.39, 0.29) is 10.9 Å². The van der Waals surface area contributed by atoms with Gasteiger partial charge in [0.05, 0.1) is 24.4 Å². The molecule has 7 heteroatoms. The second-order valence-corrected chi connectivity index (χ2v) is 6.68.